The summed E-state index contributed by atoms with van der Waals surface area (Å²) in [6.07, 6.45) is 4.44. The fourth-order valence-corrected chi connectivity index (χ4v) is 4.67. The second-order valence-corrected chi connectivity index (χ2v) is 10.2. The number of amides is 1. The molecule has 3 rings (SSSR count). The highest BCUT2D eigenvalue weighted by Crippen LogP contribution is 2.32. The smallest absolute Gasteiger partial charge is 0.270 e. The SMILES string of the molecule is CC1CC[NH+](CN2C(=O)/C(=C\c3ccc(C(C)(C)C)cc3)SC2=S)CC1. The van der Waals surface area contributed by atoms with Crippen molar-refractivity contribution < 1.29 is 9.69 Å². The van der Waals surface area contributed by atoms with Crippen LogP contribution in [0.1, 0.15) is 51.7 Å². The summed E-state index contributed by atoms with van der Waals surface area (Å²) in [4.78, 5) is 16.8. The molecule has 0 aliphatic carbocycles. The molecule has 5 heteroatoms. The van der Waals surface area contributed by atoms with Gasteiger partial charge >= 0.3 is 0 Å². The molecule has 0 unspecified atom stereocenters. The van der Waals surface area contributed by atoms with Gasteiger partial charge in [0.25, 0.3) is 5.91 Å². The Kier molecular flexibility index (Phi) is 5.90. The van der Waals surface area contributed by atoms with E-state index in [1.807, 2.05) is 6.08 Å². The van der Waals surface area contributed by atoms with Crippen LogP contribution in [0.5, 0.6) is 0 Å². The zero-order valence-corrected chi connectivity index (χ0v) is 17.8. The predicted molar refractivity (Wildman–Crippen MR) is 114 cm³/mol. The van der Waals surface area contributed by atoms with Gasteiger partial charge in [0.1, 0.15) is 0 Å². The Morgan fingerprint density at radius 1 is 1.23 bits per heavy atom. The number of quaternary nitrogens is 1. The van der Waals surface area contributed by atoms with E-state index < -0.39 is 0 Å². The molecule has 2 saturated heterocycles. The van der Waals surface area contributed by atoms with Gasteiger partial charge in [-0.2, -0.15) is 0 Å². The lowest BCUT2D eigenvalue weighted by Gasteiger charge is -2.29. The molecule has 0 atom stereocenters. The van der Waals surface area contributed by atoms with E-state index in [-0.39, 0.29) is 11.3 Å². The van der Waals surface area contributed by atoms with E-state index >= 15 is 0 Å². The van der Waals surface area contributed by atoms with Gasteiger partial charge in [-0.05, 0) is 41.4 Å². The Balaban J connectivity index is 1.69. The molecule has 140 valence electrons. The minimum absolute atomic E-state index is 0.0611. The highest BCUT2D eigenvalue weighted by molar-refractivity contribution is 8.26. The monoisotopic (exact) mass is 389 g/mol. The van der Waals surface area contributed by atoms with Crippen LogP contribution in [0.3, 0.4) is 0 Å². The average Bonchev–Trinajstić information content (AvgIpc) is 2.84. The van der Waals surface area contributed by atoms with Crippen molar-refractivity contribution in [3.05, 3.63) is 40.3 Å². The summed E-state index contributed by atoms with van der Waals surface area (Å²) in [6.45, 7) is 11.9. The van der Waals surface area contributed by atoms with Gasteiger partial charge < -0.3 is 4.90 Å². The maximum absolute atomic E-state index is 12.8. The lowest BCUT2D eigenvalue weighted by Crippen LogP contribution is -3.14. The first-order valence-corrected chi connectivity index (χ1v) is 10.7. The number of nitrogens with zero attached hydrogens (tertiary/aromatic N) is 1. The van der Waals surface area contributed by atoms with Gasteiger partial charge in [-0.1, -0.05) is 75.9 Å². The second kappa shape index (κ2) is 7.83. The number of thiocarbonyl (C=S) groups is 1. The minimum atomic E-state index is 0.0611. The topological polar surface area (TPSA) is 24.8 Å². The number of likely N-dealkylation sites (tertiary alicyclic amines) is 1. The molecular formula is C21H29N2OS2+. The number of hydrogen-bond donors (Lipinski definition) is 1. The summed E-state index contributed by atoms with van der Waals surface area (Å²) in [5.41, 5.74) is 2.49. The molecule has 0 radical (unpaired) electrons. The van der Waals surface area contributed by atoms with E-state index in [1.54, 1.807) is 4.90 Å². The summed E-state index contributed by atoms with van der Waals surface area (Å²) < 4.78 is 0.693. The maximum Gasteiger partial charge on any atom is 0.270 e. The van der Waals surface area contributed by atoms with Gasteiger partial charge in [0.05, 0.1) is 18.0 Å². The first kappa shape index (κ1) is 19.6. The largest absolute Gasteiger partial charge is 0.317 e. The van der Waals surface area contributed by atoms with E-state index in [9.17, 15) is 4.79 Å². The predicted octanol–water partition coefficient (Wildman–Crippen LogP) is 3.46. The van der Waals surface area contributed by atoms with Crippen molar-refractivity contribution >= 4 is 40.3 Å². The zero-order chi connectivity index (χ0) is 18.9. The number of piperidine rings is 1. The Hall–Kier alpha value is -1.17. The maximum atomic E-state index is 12.8. The molecule has 1 aromatic carbocycles. The van der Waals surface area contributed by atoms with Gasteiger partial charge in [-0.15, -0.1) is 0 Å². The van der Waals surface area contributed by atoms with Crippen LogP contribution in [0.2, 0.25) is 0 Å². The van der Waals surface area contributed by atoms with Crippen LogP contribution >= 0.6 is 24.0 Å². The molecule has 2 aliphatic rings. The summed E-state index contributed by atoms with van der Waals surface area (Å²) in [5.74, 6) is 0.868. The average molecular weight is 390 g/mol. The van der Waals surface area contributed by atoms with Crippen LogP contribution in [0.4, 0.5) is 0 Å². The minimum Gasteiger partial charge on any atom is -0.317 e. The second-order valence-electron chi connectivity index (χ2n) is 8.57. The van der Waals surface area contributed by atoms with Crippen molar-refractivity contribution in [2.24, 2.45) is 5.92 Å². The quantitative estimate of drug-likeness (QED) is 0.633. The number of nitrogens with one attached hydrogen (secondary N) is 1. The highest BCUT2D eigenvalue weighted by atomic mass is 32.2. The van der Waals surface area contributed by atoms with Crippen molar-refractivity contribution in [1.82, 2.24) is 4.90 Å². The van der Waals surface area contributed by atoms with E-state index in [1.165, 1.54) is 35.1 Å². The number of benzene rings is 1. The lowest BCUT2D eigenvalue weighted by atomic mass is 9.87. The third kappa shape index (κ3) is 4.56. The van der Waals surface area contributed by atoms with Gasteiger partial charge in [-0.25, -0.2) is 4.90 Å². The molecule has 0 spiro atoms. The first-order valence-electron chi connectivity index (χ1n) is 9.43. The number of carbonyl (C=O) groups is 1. The van der Waals surface area contributed by atoms with Crippen molar-refractivity contribution in [2.45, 2.75) is 46.0 Å². The van der Waals surface area contributed by atoms with Crippen LogP contribution in [-0.4, -0.2) is 34.9 Å². The summed E-state index contributed by atoms with van der Waals surface area (Å²) in [5, 5.41) is 0. The molecule has 1 aromatic rings. The van der Waals surface area contributed by atoms with Crippen LogP contribution in [0.25, 0.3) is 6.08 Å². The molecule has 2 aliphatic heterocycles. The Labute approximate surface area is 166 Å². The zero-order valence-electron chi connectivity index (χ0n) is 16.2. The van der Waals surface area contributed by atoms with Gasteiger partial charge in [0, 0.05) is 0 Å². The summed E-state index contributed by atoms with van der Waals surface area (Å²) in [6, 6.07) is 8.46. The fourth-order valence-electron chi connectivity index (χ4n) is 3.42. The molecule has 26 heavy (non-hydrogen) atoms. The number of hydrogen-bond acceptors (Lipinski definition) is 3. The number of rotatable bonds is 3. The molecule has 0 saturated carbocycles. The van der Waals surface area contributed by atoms with Crippen molar-refractivity contribution in [2.75, 3.05) is 19.8 Å². The molecule has 2 heterocycles. The molecule has 3 nitrogen and oxygen atoms in total. The standard InChI is InChI=1S/C21H28N2OS2/c1-15-9-11-22(12-10-15)14-23-19(24)18(26-20(23)25)13-16-5-7-17(8-6-16)21(2,3)4/h5-8,13,15H,9-12,14H2,1-4H3/p+1/b18-13+. The van der Waals surface area contributed by atoms with Crippen LogP contribution in [0.15, 0.2) is 29.2 Å². The fraction of sp³-hybridized carbons (Fsp3) is 0.524. The van der Waals surface area contributed by atoms with Crippen LogP contribution < -0.4 is 4.90 Å². The number of carbonyl (C=O) groups excluding carboxylic acids is 1. The molecular weight excluding hydrogens is 360 g/mol. The Morgan fingerprint density at radius 2 is 1.85 bits per heavy atom. The third-order valence-electron chi connectivity index (χ3n) is 5.31. The van der Waals surface area contributed by atoms with E-state index in [2.05, 4.69) is 52.0 Å². The normalized spacial score (nSPS) is 26.0. The van der Waals surface area contributed by atoms with Gasteiger partial charge in [0.2, 0.25) is 0 Å². The van der Waals surface area contributed by atoms with Crippen molar-refractivity contribution in [3.63, 3.8) is 0 Å². The molecule has 1 amide bonds. The lowest BCUT2D eigenvalue weighted by molar-refractivity contribution is -0.913. The molecule has 0 aromatic heterocycles. The van der Waals surface area contributed by atoms with E-state index in [0.29, 0.717) is 11.0 Å². The van der Waals surface area contributed by atoms with Gasteiger partial charge in [0.15, 0.2) is 11.0 Å². The van der Waals surface area contributed by atoms with E-state index in [0.717, 1.165) is 29.5 Å². The summed E-state index contributed by atoms with van der Waals surface area (Å²) >= 11 is 6.92. The Bertz CT molecular complexity index is 711. The van der Waals surface area contributed by atoms with Crippen LogP contribution in [-0.2, 0) is 10.2 Å². The van der Waals surface area contributed by atoms with Crippen molar-refractivity contribution in [1.29, 1.82) is 0 Å². The molecule has 2 fully saturated rings. The molecule has 0 bridgehead atoms. The first-order chi connectivity index (χ1) is 12.2. The van der Waals surface area contributed by atoms with E-state index in [4.69, 9.17) is 12.2 Å². The third-order valence-corrected chi connectivity index (χ3v) is 6.69. The van der Waals surface area contributed by atoms with Crippen molar-refractivity contribution in [3.8, 4) is 0 Å². The highest BCUT2D eigenvalue weighted by Gasteiger charge is 2.35. The number of thioether (sulfide) groups is 1. The Morgan fingerprint density at radius 3 is 2.42 bits per heavy atom. The van der Waals surface area contributed by atoms with Gasteiger partial charge in [-0.3, -0.25) is 4.79 Å². The van der Waals surface area contributed by atoms with Crippen LogP contribution in [0, 0.1) is 5.92 Å². The molecule has 1 N–H and O–H groups in total. The summed E-state index contributed by atoms with van der Waals surface area (Å²) in [7, 11) is 0.